The van der Waals surface area contributed by atoms with Crippen molar-refractivity contribution in [3.05, 3.63) is 42.5 Å². The molecule has 0 radical (unpaired) electrons. The van der Waals surface area contributed by atoms with E-state index in [4.69, 9.17) is 0 Å². The third-order valence-electron chi connectivity index (χ3n) is 5.12. The largest absolute Gasteiger partial charge is 0.339 e. The molecule has 0 spiro atoms. The number of rotatable bonds is 5. The highest BCUT2D eigenvalue weighted by Gasteiger charge is 2.31. The maximum atomic E-state index is 12.8. The molecule has 2 fully saturated rings. The van der Waals surface area contributed by atoms with Crippen LogP contribution in [0.2, 0.25) is 0 Å². The van der Waals surface area contributed by atoms with Gasteiger partial charge in [-0.05, 0) is 56.0 Å². The Morgan fingerprint density at radius 1 is 1.27 bits per heavy atom. The van der Waals surface area contributed by atoms with Gasteiger partial charge in [0, 0.05) is 25.2 Å². The van der Waals surface area contributed by atoms with Gasteiger partial charge in [0.15, 0.2) is 0 Å². The first-order valence-electron chi connectivity index (χ1n) is 8.72. The summed E-state index contributed by atoms with van der Waals surface area (Å²) in [4.78, 5) is 14.8. The first-order valence-corrected chi connectivity index (χ1v) is 10.2. The lowest BCUT2D eigenvalue weighted by Crippen LogP contribution is -2.33. The van der Waals surface area contributed by atoms with Crippen molar-refractivity contribution in [3.8, 4) is 0 Å². The van der Waals surface area contributed by atoms with Crippen LogP contribution in [0.1, 0.15) is 23.2 Å². The van der Waals surface area contributed by atoms with Gasteiger partial charge in [0.2, 0.25) is 10.0 Å². The normalized spacial score (nSPS) is 22.8. The number of benzene rings is 1. The molecule has 26 heavy (non-hydrogen) atoms. The quantitative estimate of drug-likeness (QED) is 0.738. The fourth-order valence-corrected chi connectivity index (χ4v) is 4.70. The molecule has 144 valence electrons. The molecule has 3 rings (SSSR count). The number of carbonyl (C=O) groups is 1. The maximum absolute atomic E-state index is 12.8. The fourth-order valence-electron chi connectivity index (χ4n) is 3.65. The summed E-state index contributed by atoms with van der Waals surface area (Å²) in [5.41, 5.74) is 0.423. The predicted octanol–water partition coefficient (Wildman–Crippen LogP) is 1.64. The second kappa shape index (κ2) is 8.99. The molecule has 0 aliphatic carbocycles. The molecule has 0 saturated carbocycles. The zero-order valence-electron chi connectivity index (χ0n) is 14.7. The number of hydrogen-bond donors (Lipinski definition) is 2. The van der Waals surface area contributed by atoms with Gasteiger partial charge < -0.3 is 10.2 Å². The van der Waals surface area contributed by atoms with Crippen LogP contribution in [-0.4, -0.2) is 51.9 Å². The second-order valence-electron chi connectivity index (χ2n) is 6.72. The Labute approximate surface area is 161 Å². The first-order chi connectivity index (χ1) is 12.0. The highest BCUT2D eigenvalue weighted by Crippen LogP contribution is 2.27. The van der Waals surface area contributed by atoms with Crippen LogP contribution in [0.15, 0.2) is 41.8 Å². The zero-order chi connectivity index (χ0) is 17.9. The smallest absolute Gasteiger partial charge is 0.253 e. The van der Waals surface area contributed by atoms with Crippen molar-refractivity contribution < 1.29 is 13.2 Å². The fraction of sp³-hybridized carbons (Fsp3) is 0.500. The number of nitrogens with zero attached hydrogens (tertiary/aromatic N) is 1. The monoisotopic (exact) mass is 399 g/mol. The molecule has 0 unspecified atom stereocenters. The van der Waals surface area contributed by atoms with Crippen LogP contribution in [0.5, 0.6) is 0 Å². The molecule has 2 saturated heterocycles. The third kappa shape index (κ3) is 4.65. The van der Waals surface area contributed by atoms with Crippen molar-refractivity contribution >= 4 is 28.3 Å². The molecular weight excluding hydrogens is 374 g/mol. The summed E-state index contributed by atoms with van der Waals surface area (Å²) >= 11 is 0. The van der Waals surface area contributed by atoms with Gasteiger partial charge in [0.05, 0.1) is 4.90 Å². The lowest BCUT2D eigenvalue weighted by atomic mass is 9.92. The summed E-state index contributed by atoms with van der Waals surface area (Å²) in [6, 6.07) is 6.26. The van der Waals surface area contributed by atoms with Gasteiger partial charge in [-0.2, -0.15) is 0 Å². The summed E-state index contributed by atoms with van der Waals surface area (Å²) in [7, 11) is -3.63. The second-order valence-corrected chi connectivity index (χ2v) is 8.48. The van der Waals surface area contributed by atoms with Crippen LogP contribution in [0, 0.1) is 11.8 Å². The van der Waals surface area contributed by atoms with Gasteiger partial charge in [0.25, 0.3) is 5.91 Å². The van der Waals surface area contributed by atoms with E-state index < -0.39 is 10.0 Å². The molecule has 0 bridgehead atoms. The minimum atomic E-state index is -3.63. The van der Waals surface area contributed by atoms with Crippen LogP contribution in [0.4, 0.5) is 0 Å². The van der Waals surface area contributed by atoms with E-state index in [1.165, 1.54) is 18.2 Å². The van der Waals surface area contributed by atoms with Crippen molar-refractivity contribution in [1.82, 2.24) is 14.9 Å². The highest BCUT2D eigenvalue weighted by molar-refractivity contribution is 7.89. The van der Waals surface area contributed by atoms with Crippen LogP contribution in [-0.2, 0) is 10.0 Å². The topological polar surface area (TPSA) is 78.5 Å². The van der Waals surface area contributed by atoms with E-state index in [0.717, 1.165) is 39.0 Å². The minimum absolute atomic E-state index is 0. The van der Waals surface area contributed by atoms with E-state index in [0.29, 0.717) is 17.4 Å². The number of nitrogens with one attached hydrogen (secondary N) is 2. The van der Waals surface area contributed by atoms with Gasteiger partial charge in [-0.15, -0.1) is 19.0 Å². The first kappa shape index (κ1) is 20.9. The summed E-state index contributed by atoms with van der Waals surface area (Å²) in [6.45, 7) is 7.19. The van der Waals surface area contributed by atoms with E-state index in [2.05, 4.69) is 16.6 Å². The molecular formula is C18H26ClN3O3S. The summed E-state index contributed by atoms with van der Waals surface area (Å²) in [5.74, 6) is 1.20. The van der Waals surface area contributed by atoms with E-state index in [1.54, 1.807) is 12.1 Å². The molecule has 1 amide bonds. The summed E-state index contributed by atoms with van der Waals surface area (Å²) in [5, 5.41) is 3.42. The molecule has 6 nitrogen and oxygen atoms in total. The van der Waals surface area contributed by atoms with Gasteiger partial charge >= 0.3 is 0 Å². The number of carbonyl (C=O) groups excluding carboxylic acids is 1. The molecule has 1 aromatic rings. The van der Waals surface area contributed by atoms with Crippen molar-refractivity contribution in [2.24, 2.45) is 11.8 Å². The number of likely N-dealkylation sites (tertiary alicyclic amines) is 1. The average Bonchev–Trinajstić information content (AvgIpc) is 2.98. The van der Waals surface area contributed by atoms with E-state index in [1.807, 2.05) is 4.90 Å². The number of halogens is 1. The maximum Gasteiger partial charge on any atom is 0.253 e. The van der Waals surface area contributed by atoms with Gasteiger partial charge in [-0.3, -0.25) is 4.79 Å². The minimum Gasteiger partial charge on any atom is -0.339 e. The number of fused-ring (bicyclic) bond motifs is 1. The Bertz CT molecular complexity index is 740. The summed E-state index contributed by atoms with van der Waals surface area (Å²) in [6.07, 6.45) is 3.49. The Balaban J connectivity index is 0.00000243. The lowest BCUT2D eigenvalue weighted by molar-refractivity contribution is 0.0758. The van der Waals surface area contributed by atoms with Gasteiger partial charge in [0.1, 0.15) is 0 Å². The zero-order valence-corrected chi connectivity index (χ0v) is 16.3. The SMILES string of the molecule is C=CCNS(=O)(=O)c1cccc(C(=O)N2CC[C@@H]3CNC[C@@H]3CC2)c1.Cl. The molecule has 8 heteroatoms. The molecule has 1 aromatic carbocycles. The molecule has 2 N–H and O–H groups in total. The van der Waals surface area contributed by atoms with Crippen molar-refractivity contribution in [3.63, 3.8) is 0 Å². The van der Waals surface area contributed by atoms with E-state index >= 15 is 0 Å². The van der Waals surface area contributed by atoms with Crippen LogP contribution in [0.3, 0.4) is 0 Å². The standard InChI is InChI=1S/C18H25N3O3S.ClH/c1-2-8-20-25(23,24)17-5-3-4-14(11-17)18(22)21-9-6-15-12-19-13-16(15)7-10-21;/h2-5,11,15-16,19-20H,1,6-10,12-13H2;1H/t15-,16+;. The molecule has 2 aliphatic rings. The predicted molar refractivity (Wildman–Crippen MR) is 104 cm³/mol. The van der Waals surface area contributed by atoms with Crippen LogP contribution < -0.4 is 10.0 Å². The Hall–Kier alpha value is -1.41. The molecule has 2 heterocycles. The Morgan fingerprint density at radius 2 is 1.92 bits per heavy atom. The van der Waals surface area contributed by atoms with Gasteiger partial charge in [-0.1, -0.05) is 12.1 Å². The molecule has 2 atom stereocenters. The van der Waals surface area contributed by atoms with Gasteiger partial charge in [-0.25, -0.2) is 13.1 Å². The van der Waals surface area contributed by atoms with Crippen molar-refractivity contribution in [1.29, 1.82) is 0 Å². The summed E-state index contributed by atoms with van der Waals surface area (Å²) < 4.78 is 26.9. The third-order valence-corrected chi connectivity index (χ3v) is 6.54. The molecule has 0 aromatic heterocycles. The van der Waals surface area contributed by atoms with Crippen LogP contribution in [0.25, 0.3) is 0 Å². The van der Waals surface area contributed by atoms with Crippen molar-refractivity contribution in [2.45, 2.75) is 17.7 Å². The number of hydrogen-bond acceptors (Lipinski definition) is 4. The van der Waals surface area contributed by atoms with Crippen LogP contribution >= 0.6 is 12.4 Å². The number of sulfonamides is 1. The Kier molecular flexibility index (Phi) is 7.23. The lowest BCUT2D eigenvalue weighted by Gasteiger charge is -2.21. The van der Waals surface area contributed by atoms with E-state index in [-0.39, 0.29) is 29.8 Å². The van der Waals surface area contributed by atoms with E-state index in [9.17, 15) is 13.2 Å². The highest BCUT2D eigenvalue weighted by atomic mass is 35.5. The Morgan fingerprint density at radius 3 is 2.54 bits per heavy atom. The van der Waals surface area contributed by atoms with Crippen molar-refractivity contribution in [2.75, 3.05) is 32.7 Å². The number of amides is 1. The average molecular weight is 400 g/mol. The molecule has 2 aliphatic heterocycles.